The van der Waals surface area contributed by atoms with Crippen molar-refractivity contribution in [2.75, 3.05) is 26.2 Å². The average molecular weight is 318 g/mol. The zero-order valence-corrected chi connectivity index (χ0v) is 13.1. The highest BCUT2D eigenvalue weighted by atomic mass is 16.5. The van der Waals surface area contributed by atoms with E-state index in [0.717, 1.165) is 19.5 Å². The predicted molar refractivity (Wildman–Crippen MR) is 83.8 cm³/mol. The standard InChI is InChI=1S/C17H22N2O4/c20-16(19-8-4-7-14(19)17(21)22)15-12-18(9-10-23-15)11-13-5-2-1-3-6-13/h1-3,5-6,14-15H,4,7-12H2,(H,21,22)/t14-,15+/m0/s1. The van der Waals surface area contributed by atoms with Crippen molar-refractivity contribution in [1.82, 2.24) is 9.80 Å². The van der Waals surface area contributed by atoms with E-state index < -0.39 is 18.1 Å². The van der Waals surface area contributed by atoms with Crippen molar-refractivity contribution in [3.05, 3.63) is 35.9 Å². The summed E-state index contributed by atoms with van der Waals surface area (Å²) in [6, 6.07) is 9.41. The molecule has 0 radical (unpaired) electrons. The van der Waals surface area contributed by atoms with Crippen LogP contribution in [-0.2, 0) is 20.9 Å². The number of hydrogen-bond donors (Lipinski definition) is 1. The number of hydrogen-bond acceptors (Lipinski definition) is 4. The number of likely N-dealkylation sites (tertiary alicyclic amines) is 1. The molecule has 6 heteroatoms. The second kappa shape index (κ2) is 7.10. The molecule has 2 heterocycles. The molecule has 1 aromatic carbocycles. The third-order valence-electron chi connectivity index (χ3n) is 4.50. The van der Waals surface area contributed by atoms with E-state index in [1.807, 2.05) is 18.2 Å². The molecule has 6 nitrogen and oxygen atoms in total. The molecule has 124 valence electrons. The molecule has 0 saturated carbocycles. The lowest BCUT2D eigenvalue weighted by molar-refractivity contribution is -0.157. The van der Waals surface area contributed by atoms with E-state index in [0.29, 0.717) is 26.1 Å². The first-order chi connectivity index (χ1) is 11.1. The monoisotopic (exact) mass is 318 g/mol. The van der Waals surface area contributed by atoms with Crippen molar-refractivity contribution < 1.29 is 19.4 Å². The molecule has 1 N–H and O–H groups in total. The van der Waals surface area contributed by atoms with Crippen LogP contribution in [0.15, 0.2) is 30.3 Å². The third-order valence-corrected chi connectivity index (χ3v) is 4.50. The fraction of sp³-hybridized carbons (Fsp3) is 0.529. The maximum Gasteiger partial charge on any atom is 0.326 e. The highest BCUT2D eigenvalue weighted by molar-refractivity contribution is 5.87. The molecular formula is C17H22N2O4. The van der Waals surface area contributed by atoms with Crippen LogP contribution in [0.2, 0.25) is 0 Å². The number of carbonyl (C=O) groups is 2. The summed E-state index contributed by atoms with van der Waals surface area (Å²) < 4.78 is 5.62. The van der Waals surface area contributed by atoms with Gasteiger partial charge in [-0.3, -0.25) is 9.69 Å². The second-order valence-corrected chi connectivity index (χ2v) is 6.11. The lowest BCUT2D eigenvalue weighted by Crippen LogP contribution is -2.53. The fourth-order valence-electron chi connectivity index (χ4n) is 3.31. The second-order valence-electron chi connectivity index (χ2n) is 6.11. The summed E-state index contributed by atoms with van der Waals surface area (Å²) in [5, 5.41) is 9.23. The van der Waals surface area contributed by atoms with Gasteiger partial charge in [-0.2, -0.15) is 0 Å². The average Bonchev–Trinajstić information content (AvgIpc) is 3.05. The maximum atomic E-state index is 12.6. The first kappa shape index (κ1) is 16.0. The summed E-state index contributed by atoms with van der Waals surface area (Å²) >= 11 is 0. The van der Waals surface area contributed by atoms with E-state index in [1.165, 1.54) is 10.5 Å². The first-order valence-electron chi connectivity index (χ1n) is 8.06. The molecule has 2 aliphatic rings. The van der Waals surface area contributed by atoms with E-state index >= 15 is 0 Å². The molecule has 23 heavy (non-hydrogen) atoms. The van der Waals surface area contributed by atoms with Gasteiger partial charge in [0.2, 0.25) is 0 Å². The van der Waals surface area contributed by atoms with Crippen LogP contribution in [0, 0.1) is 0 Å². The molecule has 0 unspecified atom stereocenters. The Hall–Kier alpha value is -1.92. The predicted octanol–water partition coefficient (Wildman–Crippen LogP) is 0.963. The molecule has 0 spiro atoms. The zero-order chi connectivity index (χ0) is 16.2. The Morgan fingerprint density at radius 3 is 2.74 bits per heavy atom. The Morgan fingerprint density at radius 2 is 2.00 bits per heavy atom. The van der Waals surface area contributed by atoms with E-state index in [4.69, 9.17) is 4.74 Å². The van der Waals surface area contributed by atoms with E-state index in [-0.39, 0.29) is 5.91 Å². The highest BCUT2D eigenvalue weighted by Crippen LogP contribution is 2.21. The fourth-order valence-corrected chi connectivity index (χ4v) is 3.31. The topological polar surface area (TPSA) is 70.1 Å². The van der Waals surface area contributed by atoms with Gasteiger partial charge in [-0.25, -0.2) is 4.79 Å². The van der Waals surface area contributed by atoms with Crippen molar-refractivity contribution >= 4 is 11.9 Å². The minimum atomic E-state index is -0.923. The summed E-state index contributed by atoms with van der Waals surface area (Å²) in [5.74, 6) is -1.11. The normalized spacial score (nSPS) is 25.5. The maximum absolute atomic E-state index is 12.6. The van der Waals surface area contributed by atoms with Gasteiger partial charge in [-0.1, -0.05) is 30.3 Å². The van der Waals surface area contributed by atoms with Gasteiger partial charge in [0.15, 0.2) is 0 Å². The molecule has 3 rings (SSSR count). The molecule has 0 aromatic heterocycles. The minimum absolute atomic E-state index is 0.187. The molecule has 1 amide bonds. The van der Waals surface area contributed by atoms with Crippen LogP contribution in [0.25, 0.3) is 0 Å². The summed E-state index contributed by atoms with van der Waals surface area (Å²) in [7, 11) is 0. The van der Waals surface area contributed by atoms with Gasteiger partial charge in [-0.05, 0) is 18.4 Å². The van der Waals surface area contributed by atoms with Crippen molar-refractivity contribution in [2.24, 2.45) is 0 Å². The Kier molecular flexibility index (Phi) is 4.93. The molecule has 1 aromatic rings. The largest absolute Gasteiger partial charge is 0.480 e. The summed E-state index contributed by atoms with van der Waals surface area (Å²) in [6.07, 6.45) is 0.706. The van der Waals surface area contributed by atoms with Crippen LogP contribution in [0.4, 0.5) is 0 Å². The van der Waals surface area contributed by atoms with Gasteiger partial charge < -0.3 is 14.7 Å². The van der Waals surface area contributed by atoms with Gasteiger partial charge in [0.25, 0.3) is 5.91 Å². The summed E-state index contributed by atoms with van der Waals surface area (Å²) in [6.45, 7) is 3.07. The summed E-state index contributed by atoms with van der Waals surface area (Å²) in [5.41, 5.74) is 1.20. The molecule has 2 fully saturated rings. The summed E-state index contributed by atoms with van der Waals surface area (Å²) in [4.78, 5) is 27.5. The third kappa shape index (κ3) is 3.71. The number of rotatable bonds is 4. The number of carbonyl (C=O) groups excluding carboxylic acids is 1. The van der Waals surface area contributed by atoms with Crippen LogP contribution >= 0.6 is 0 Å². The highest BCUT2D eigenvalue weighted by Gasteiger charge is 2.38. The SMILES string of the molecule is O=C(O)[C@@H]1CCCN1C(=O)[C@H]1CN(Cc2ccccc2)CCO1. The number of carboxylic acid groups (broad SMARTS) is 1. The van der Waals surface area contributed by atoms with Crippen LogP contribution in [0.5, 0.6) is 0 Å². The Balaban J connectivity index is 1.61. The van der Waals surface area contributed by atoms with E-state index in [1.54, 1.807) is 0 Å². The Bertz CT molecular complexity index is 563. The van der Waals surface area contributed by atoms with Gasteiger partial charge in [0.05, 0.1) is 6.61 Å². The van der Waals surface area contributed by atoms with Gasteiger partial charge >= 0.3 is 5.97 Å². The smallest absolute Gasteiger partial charge is 0.326 e. The van der Waals surface area contributed by atoms with Crippen LogP contribution in [0.1, 0.15) is 18.4 Å². The number of ether oxygens (including phenoxy) is 1. The van der Waals surface area contributed by atoms with Crippen LogP contribution in [-0.4, -0.2) is 65.2 Å². The number of nitrogens with zero attached hydrogens (tertiary/aromatic N) is 2. The van der Waals surface area contributed by atoms with Crippen LogP contribution < -0.4 is 0 Å². The first-order valence-corrected chi connectivity index (χ1v) is 8.06. The molecule has 0 aliphatic carbocycles. The van der Waals surface area contributed by atoms with E-state index in [2.05, 4.69) is 17.0 Å². The van der Waals surface area contributed by atoms with Crippen molar-refractivity contribution in [1.29, 1.82) is 0 Å². The molecule has 2 aliphatic heterocycles. The Labute approximate surface area is 135 Å². The quantitative estimate of drug-likeness (QED) is 0.895. The minimum Gasteiger partial charge on any atom is -0.480 e. The molecule has 2 saturated heterocycles. The van der Waals surface area contributed by atoms with Gasteiger partial charge in [-0.15, -0.1) is 0 Å². The number of morpholine rings is 1. The molecular weight excluding hydrogens is 296 g/mol. The number of carboxylic acids is 1. The Morgan fingerprint density at radius 1 is 1.22 bits per heavy atom. The van der Waals surface area contributed by atoms with Gasteiger partial charge in [0.1, 0.15) is 12.1 Å². The number of amides is 1. The molecule has 0 bridgehead atoms. The van der Waals surface area contributed by atoms with Crippen molar-refractivity contribution in [2.45, 2.75) is 31.5 Å². The van der Waals surface area contributed by atoms with E-state index in [9.17, 15) is 14.7 Å². The lowest BCUT2D eigenvalue weighted by Gasteiger charge is -2.34. The van der Waals surface area contributed by atoms with Crippen LogP contribution in [0.3, 0.4) is 0 Å². The number of benzene rings is 1. The lowest BCUT2D eigenvalue weighted by atomic mass is 10.1. The molecule has 2 atom stereocenters. The number of aliphatic carboxylic acids is 1. The van der Waals surface area contributed by atoms with Crippen molar-refractivity contribution in [3.63, 3.8) is 0 Å². The zero-order valence-electron chi connectivity index (χ0n) is 13.1. The van der Waals surface area contributed by atoms with Gasteiger partial charge in [0, 0.05) is 26.2 Å². The van der Waals surface area contributed by atoms with Crippen molar-refractivity contribution in [3.8, 4) is 0 Å².